The van der Waals surface area contributed by atoms with Gasteiger partial charge in [0.1, 0.15) is 18.1 Å². The van der Waals surface area contributed by atoms with Crippen LogP contribution in [0.5, 0.6) is 0 Å². The minimum atomic E-state index is -1.29. The minimum Gasteiger partial charge on any atom is -0.480 e. The highest BCUT2D eigenvalue weighted by molar-refractivity contribution is 7.80. The molecule has 4 atom stereocenters. The SMILES string of the molecule is NCCCC[C@H](NC(=O)CNC(=O)[C@@H](N)CCCN=C(N)N)C(=O)N[C@@H](Cc1cnc[nH]1)C(=O)N[C@@H](CS)C(=O)O. The summed E-state index contributed by atoms with van der Waals surface area (Å²) in [7, 11) is 0. The average Bonchev–Trinajstić information content (AvgIpc) is 3.44. The number of nitrogens with one attached hydrogen (secondary N) is 5. The van der Waals surface area contributed by atoms with Crippen molar-refractivity contribution < 1.29 is 29.1 Å². The summed E-state index contributed by atoms with van der Waals surface area (Å²) in [4.78, 5) is 72.9. The number of aliphatic carboxylic acids is 1. The number of carboxylic acids is 1. The van der Waals surface area contributed by atoms with Crippen LogP contribution >= 0.6 is 12.6 Å². The van der Waals surface area contributed by atoms with Crippen LogP contribution in [-0.4, -0.2) is 100 Å². The fourth-order valence-electron chi connectivity index (χ4n) is 3.51. The van der Waals surface area contributed by atoms with Gasteiger partial charge in [-0.25, -0.2) is 9.78 Å². The Balaban J connectivity index is 2.85. The standard InChI is InChI=1S/C23H41N11O6S/c24-6-2-1-5-15(32-18(35)10-30-19(36)14(25)4-3-7-29-23(26)27)20(37)33-16(8-13-9-28-12-31-13)21(38)34-17(11-41)22(39)40/h9,12,14-17,41H,1-8,10-11,24-25H2,(H,28,31)(H,30,36)(H,32,35)(H,33,37)(H,34,38)(H,39,40)(H4,26,27,29)/t14-,15-,16-,17-/m0/s1. The summed E-state index contributed by atoms with van der Waals surface area (Å²) in [5.41, 5.74) is 22.4. The first kappa shape index (κ1) is 35.1. The maximum Gasteiger partial charge on any atom is 0.327 e. The van der Waals surface area contributed by atoms with E-state index in [1.165, 1.54) is 12.5 Å². The molecule has 1 rings (SSSR count). The first-order chi connectivity index (χ1) is 19.5. The van der Waals surface area contributed by atoms with Crippen molar-refractivity contribution in [1.29, 1.82) is 0 Å². The largest absolute Gasteiger partial charge is 0.480 e. The molecule has 0 aliphatic carbocycles. The van der Waals surface area contributed by atoms with Crippen LogP contribution in [0.15, 0.2) is 17.5 Å². The number of aromatic amines is 1. The molecular formula is C23H41N11O6S. The number of H-pyrrole nitrogens is 1. The van der Waals surface area contributed by atoms with Crippen LogP contribution in [0.4, 0.5) is 0 Å². The van der Waals surface area contributed by atoms with E-state index in [-0.39, 0.29) is 31.0 Å². The van der Waals surface area contributed by atoms with Gasteiger partial charge >= 0.3 is 5.97 Å². The van der Waals surface area contributed by atoms with E-state index in [9.17, 15) is 29.1 Å². The van der Waals surface area contributed by atoms with Gasteiger partial charge in [-0.1, -0.05) is 0 Å². The van der Waals surface area contributed by atoms with Crippen LogP contribution in [0.25, 0.3) is 0 Å². The van der Waals surface area contributed by atoms with Gasteiger partial charge in [-0.15, -0.1) is 0 Å². The van der Waals surface area contributed by atoms with Crippen molar-refractivity contribution in [2.24, 2.45) is 27.9 Å². The second-order valence-electron chi connectivity index (χ2n) is 9.10. The number of amides is 4. The number of guanidine groups is 1. The Labute approximate surface area is 242 Å². The van der Waals surface area contributed by atoms with E-state index in [1.54, 1.807) is 0 Å². The molecule has 14 N–H and O–H groups in total. The van der Waals surface area contributed by atoms with Crippen LogP contribution < -0.4 is 44.2 Å². The molecular weight excluding hydrogens is 558 g/mol. The van der Waals surface area contributed by atoms with E-state index < -0.39 is 60.3 Å². The maximum atomic E-state index is 13.2. The zero-order valence-electron chi connectivity index (χ0n) is 22.7. The highest BCUT2D eigenvalue weighted by atomic mass is 32.1. The Hall–Kier alpha value is -3.90. The molecule has 0 aromatic carbocycles. The number of nitrogens with zero attached hydrogens (tertiary/aromatic N) is 2. The molecule has 230 valence electrons. The number of unbranched alkanes of at least 4 members (excludes halogenated alkanes) is 1. The lowest BCUT2D eigenvalue weighted by Crippen LogP contribution is -2.57. The van der Waals surface area contributed by atoms with Gasteiger partial charge in [0.25, 0.3) is 0 Å². The highest BCUT2D eigenvalue weighted by Crippen LogP contribution is 2.05. The minimum absolute atomic E-state index is 0.0307. The Morgan fingerprint density at radius 2 is 1.66 bits per heavy atom. The lowest BCUT2D eigenvalue weighted by molar-refractivity contribution is -0.141. The molecule has 17 nitrogen and oxygen atoms in total. The zero-order chi connectivity index (χ0) is 30.8. The molecule has 1 aromatic rings. The first-order valence-corrected chi connectivity index (χ1v) is 13.6. The van der Waals surface area contributed by atoms with Crippen LogP contribution in [-0.2, 0) is 30.4 Å². The van der Waals surface area contributed by atoms with Crippen molar-refractivity contribution in [3.05, 3.63) is 18.2 Å². The molecule has 41 heavy (non-hydrogen) atoms. The van der Waals surface area contributed by atoms with Crippen molar-refractivity contribution in [1.82, 2.24) is 31.2 Å². The first-order valence-electron chi connectivity index (χ1n) is 13.0. The normalized spacial score (nSPS) is 13.6. The van der Waals surface area contributed by atoms with Gasteiger partial charge in [-0.2, -0.15) is 12.6 Å². The maximum absolute atomic E-state index is 13.2. The third-order valence-corrected chi connectivity index (χ3v) is 6.10. The Morgan fingerprint density at radius 3 is 2.24 bits per heavy atom. The van der Waals surface area contributed by atoms with Gasteiger partial charge in [0.15, 0.2) is 5.96 Å². The van der Waals surface area contributed by atoms with Gasteiger partial charge in [0.05, 0.1) is 18.9 Å². The van der Waals surface area contributed by atoms with Crippen molar-refractivity contribution in [2.45, 2.75) is 62.7 Å². The Morgan fingerprint density at radius 1 is 0.976 bits per heavy atom. The summed E-state index contributed by atoms with van der Waals surface area (Å²) in [6, 6.07) is -4.45. The van der Waals surface area contributed by atoms with Crippen LogP contribution in [0, 0.1) is 0 Å². The summed E-state index contributed by atoms with van der Waals surface area (Å²) < 4.78 is 0. The molecule has 18 heteroatoms. The van der Waals surface area contributed by atoms with Crippen LogP contribution in [0.2, 0.25) is 0 Å². The molecule has 0 radical (unpaired) electrons. The Bertz CT molecular complexity index is 1020. The average molecular weight is 600 g/mol. The monoisotopic (exact) mass is 599 g/mol. The van der Waals surface area contributed by atoms with E-state index in [0.717, 1.165) is 0 Å². The molecule has 0 saturated carbocycles. The lowest BCUT2D eigenvalue weighted by atomic mass is 10.1. The summed E-state index contributed by atoms with van der Waals surface area (Å²) in [5.74, 6) is -4.20. The van der Waals surface area contributed by atoms with Gasteiger partial charge in [-0.05, 0) is 38.6 Å². The number of hydrogen-bond acceptors (Lipinski definition) is 10. The Kier molecular flexibility index (Phi) is 16.5. The van der Waals surface area contributed by atoms with E-state index >= 15 is 0 Å². The molecule has 0 bridgehead atoms. The number of carboxylic acid groups (broad SMARTS) is 1. The van der Waals surface area contributed by atoms with Gasteiger partial charge in [0, 0.05) is 30.6 Å². The molecule has 0 fully saturated rings. The van der Waals surface area contributed by atoms with Crippen molar-refractivity contribution in [3.63, 3.8) is 0 Å². The predicted octanol–water partition coefficient (Wildman–Crippen LogP) is -3.95. The quantitative estimate of drug-likeness (QED) is 0.0297. The van der Waals surface area contributed by atoms with E-state index in [4.69, 9.17) is 22.9 Å². The van der Waals surface area contributed by atoms with E-state index in [0.29, 0.717) is 38.0 Å². The van der Waals surface area contributed by atoms with Crippen LogP contribution in [0.1, 0.15) is 37.8 Å². The fourth-order valence-corrected chi connectivity index (χ4v) is 3.76. The topological polar surface area (TPSA) is 299 Å². The number of rotatable bonds is 20. The predicted molar refractivity (Wildman–Crippen MR) is 153 cm³/mol. The number of aromatic nitrogens is 2. The third-order valence-electron chi connectivity index (χ3n) is 5.74. The zero-order valence-corrected chi connectivity index (χ0v) is 23.6. The molecule has 0 saturated heterocycles. The van der Waals surface area contributed by atoms with Crippen molar-refractivity contribution in [3.8, 4) is 0 Å². The van der Waals surface area contributed by atoms with Crippen molar-refractivity contribution >= 4 is 48.2 Å². The molecule has 0 spiro atoms. The van der Waals surface area contributed by atoms with Crippen LogP contribution in [0.3, 0.4) is 0 Å². The van der Waals surface area contributed by atoms with Crippen molar-refractivity contribution in [2.75, 3.05) is 25.4 Å². The molecule has 0 unspecified atom stereocenters. The smallest absolute Gasteiger partial charge is 0.327 e. The van der Waals surface area contributed by atoms with Gasteiger partial charge in [-0.3, -0.25) is 24.2 Å². The number of imidazole rings is 1. The number of thiol groups is 1. The van der Waals surface area contributed by atoms with E-state index in [1.807, 2.05) is 0 Å². The number of nitrogens with two attached hydrogens (primary N) is 4. The van der Waals surface area contributed by atoms with Gasteiger partial charge in [0.2, 0.25) is 23.6 Å². The second-order valence-corrected chi connectivity index (χ2v) is 9.47. The number of carbonyl (C=O) groups excluding carboxylic acids is 4. The summed E-state index contributed by atoms with van der Waals surface area (Å²) >= 11 is 3.94. The molecule has 1 heterocycles. The molecule has 4 amide bonds. The number of aliphatic imine (C=N–C) groups is 1. The second kappa shape index (κ2) is 19.2. The lowest BCUT2D eigenvalue weighted by Gasteiger charge is -2.24. The van der Waals surface area contributed by atoms with Gasteiger partial charge < -0.3 is 54.3 Å². The third kappa shape index (κ3) is 14.3. The highest BCUT2D eigenvalue weighted by Gasteiger charge is 2.29. The fraction of sp³-hybridized carbons (Fsp3) is 0.609. The molecule has 0 aliphatic heterocycles. The number of hydrogen-bond donors (Lipinski definition) is 11. The molecule has 1 aromatic heterocycles. The summed E-state index contributed by atoms with van der Waals surface area (Å²) in [5, 5.41) is 19.2. The summed E-state index contributed by atoms with van der Waals surface area (Å²) in [6.07, 6.45) is 4.80. The summed E-state index contributed by atoms with van der Waals surface area (Å²) in [6.45, 7) is 0.223. The number of carbonyl (C=O) groups is 5. The van der Waals surface area contributed by atoms with E-state index in [2.05, 4.69) is 48.9 Å². The molecule has 0 aliphatic rings.